The molecule has 0 aliphatic heterocycles. The third kappa shape index (κ3) is 2.51. The summed E-state index contributed by atoms with van der Waals surface area (Å²) in [4.78, 5) is 21.6. The van der Waals surface area contributed by atoms with E-state index in [9.17, 15) is 9.59 Å². The second-order valence-corrected chi connectivity index (χ2v) is 4.01. The van der Waals surface area contributed by atoms with Gasteiger partial charge in [0.25, 0.3) is 0 Å². The molecule has 0 atom stereocenters. The first-order valence-corrected chi connectivity index (χ1v) is 5.56. The highest BCUT2D eigenvalue weighted by Crippen LogP contribution is 2.15. The van der Waals surface area contributed by atoms with Gasteiger partial charge in [-0.2, -0.15) is 0 Å². The van der Waals surface area contributed by atoms with Crippen molar-refractivity contribution in [3.8, 4) is 0 Å². The van der Waals surface area contributed by atoms with Crippen LogP contribution in [0.5, 0.6) is 0 Å². The van der Waals surface area contributed by atoms with E-state index in [2.05, 4.69) is 0 Å². The molecular weight excluding hydrogens is 234 g/mol. The van der Waals surface area contributed by atoms with Crippen LogP contribution in [0.4, 0.5) is 0 Å². The number of aliphatic carboxylic acids is 1. The molecule has 2 rings (SSSR count). The molecule has 5 nitrogen and oxygen atoms in total. The summed E-state index contributed by atoms with van der Waals surface area (Å²) in [5.74, 6) is -1.32. The Labute approximate surface area is 103 Å². The Kier molecular flexibility index (Phi) is 3.32. The predicted molar refractivity (Wildman–Crippen MR) is 66.6 cm³/mol. The van der Waals surface area contributed by atoms with Crippen LogP contribution in [0.2, 0.25) is 0 Å². The molecule has 2 aromatic rings. The maximum absolute atomic E-state index is 11.3. The average Bonchev–Trinajstić information content (AvgIpc) is 2.61. The lowest BCUT2D eigenvalue weighted by molar-refractivity contribution is -0.131. The molecule has 0 bridgehead atoms. The zero-order valence-corrected chi connectivity index (χ0v) is 9.92. The number of benzene rings is 1. The molecule has 0 saturated heterocycles. The number of carboxylic acid groups (broad SMARTS) is 1. The molecule has 0 aliphatic rings. The zero-order chi connectivity index (χ0) is 13.1. The molecule has 0 amide bonds. The summed E-state index contributed by atoms with van der Waals surface area (Å²) >= 11 is 0. The Morgan fingerprint density at radius 3 is 3.00 bits per heavy atom. The van der Waals surface area contributed by atoms with Crippen LogP contribution in [0.25, 0.3) is 11.1 Å². The third-order valence-corrected chi connectivity index (χ3v) is 2.72. The Hall–Kier alpha value is -2.30. The average molecular weight is 247 g/mol. The fourth-order valence-corrected chi connectivity index (χ4v) is 1.76. The van der Waals surface area contributed by atoms with Crippen molar-refractivity contribution in [3.63, 3.8) is 0 Å². The first-order chi connectivity index (χ1) is 8.58. The fourth-order valence-electron chi connectivity index (χ4n) is 1.76. The van der Waals surface area contributed by atoms with Gasteiger partial charge in [0, 0.05) is 13.1 Å². The van der Waals surface area contributed by atoms with Gasteiger partial charge in [-0.05, 0) is 30.5 Å². The van der Waals surface area contributed by atoms with Crippen molar-refractivity contribution in [1.82, 2.24) is 4.57 Å². The van der Waals surface area contributed by atoms with Crippen LogP contribution in [-0.4, -0.2) is 15.6 Å². The van der Waals surface area contributed by atoms with Gasteiger partial charge in [-0.3, -0.25) is 4.57 Å². The SMILES string of the molecule is Cn1c(=O)oc2ccc(CC/C=C/C(=O)O)cc21. The number of fused-ring (bicyclic) bond motifs is 1. The van der Waals surface area contributed by atoms with Crippen LogP contribution in [0.15, 0.2) is 39.6 Å². The maximum atomic E-state index is 11.3. The fraction of sp³-hybridized carbons (Fsp3) is 0.231. The van der Waals surface area contributed by atoms with E-state index in [1.165, 1.54) is 4.57 Å². The standard InChI is InChI=1S/C13H13NO4/c1-14-10-8-9(4-2-3-5-12(15)16)6-7-11(10)18-13(14)17/h3,5-8H,2,4H2,1H3,(H,15,16)/b5-3+. The van der Waals surface area contributed by atoms with Gasteiger partial charge in [0.2, 0.25) is 0 Å². The molecule has 1 heterocycles. The summed E-state index contributed by atoms with van der Waals surface area (Å²) < 4.78 is 6.48. The van der Waals surface area contributed by atoms with E-state index in [0.29, 0.717) is 12.0 Å². The molecule has 0 spiro atoms. The largest absolute Gasteiger partial charge is 0.478 e. The minimum absolute atomic E-state index is 0.382. The molecule has 0 radical (unpaired) electrons. The van der Waals surface area contributed by atoms with E-state index < -0.39 is 5.97 Å². The van der Waals surface area contributed by atoms with Gasteiger partial charge in [0.05, 0.1) is 5.52 Å². The Morgan fingerprint density at radius 1 is 1.50 bits per heavy atom. The van der Waals surface area contributed by atoms with E-state index in [0.717, 1.165) is 23.6 Å². The van der Waals surface area contributed by atoms with Crippen LogP contribution < -0.4 is 5.76 Å². The number of hydrogen-bond donors (Lipinski definition) is 1. The number of aromatic nitrogens is 1. The van der Waals surface area contributed by atoms with Crippen LogP contribution in [0.3, 0.4) is 0 Å². The van der Waals surface area contributed by atoms with Crippen LogP contribution >= 0.6 is 0 Å². The van der Waals surface area contributed by atoms with E-state index in [-0.39, 0.29) is 5.76 Å². The monoisotopic (exact) mass is 247 g/mol. The van der Waals surface area contributed by atoms with Gasteiger partial charge in [-0.15, -0.1) is 0 Å². The maximum Gasteiger partial charge on any atom is 0.419 e. The lowest BCUT2D eigenvalue weighted by Crippen LogP contribution is -2.08. The second-order valence-electron chi connectivity index (χ2n) is 4.01. The molecule has 0 unspecified atom stereocenters. The van der Waals surface area contributed by atoms with Crippen molar-refractivity contribution in [2.75, 3.05) is 0 Å². The first-order valence-electron chi connectivity index (χ1n) is 5.56. The topological polar surface area (TPSA) is 72.4 Å². The minimum atomic E-state index is -0.942. The van der Waals surface area contributed by atoms with Crippen molar-refractivity contribution < 1.29 is 14.3 Å². The van der Waals surface area contributed by atoms with Gasteiger partial charge in [0.1, 0.15) is 0 Å². The predicted octanol–water partition coefficient (Wildman–Crippen LogP) is 1.70. The molecule has 1 aromatic carbocycles. The quantitative estimate of drug-likeness (QED) is 0.835. The van der Waals surface area contributed by atoms with Crippen molar-refractivity contribution in [2.45, 2.75) is 12.8 Å². The molecule has 0 fully saturated rings. The molecule has 0 aliphatic carbocycles. The molecule has 0 saturated carbocycles. The smallest absolute Gasteiger partial charge is 0.419 e. The second kappa shape index (κ2) is 4.91. The first kappa shape index (κ1) is 12.2. The molecule has 5 heteroatoms. The van der Waals surface area contributed by atoms with Crippen LogP contribution in [0, 0.1) is 0 Å². The summed E-state index contributed by atoms with van der Waals surface area (Å²) in [5.41, 5.74) is 2.35. The van der Waals surface area contributed by atoms with Gasteiger partial charge in [-0.25, -0.2) is 9.59 Å². The lowest BCUT2D eigenvalue weighted by Gasteiger charge is -1.99. The highest BCUT2D eigenvalue weighted by Gasteiger charge is 2.05. The van der Waals surface area contributed by atoms with Crippen molar-refractivity contribution >= 4 is 17.1 Å². The minimum Gasteiger partial charge on any atom is -0.478 e. The van der Waals surface area contributed by atoms with E-state index in [1.54, 1.807) is 19.2 Å². The number of carboxylic acids is 1. The number of aryl methyl sites for hydroxylation is 2. The van der Waals surface area contributed by atoms with Gasteiger partial charge in [0.15, 0.2) is 5.58 Å². The number of oxazole rings is 1. The molecular formula is C13H13NO4. The highest BCUT2D eigenvalue weighted by molar-refractivity contribution is 5.79. The number of rotatable bonds is 4. The van der Waals surface area contributed by atoms with Crippen LogP contribution in [-0.2, 0) is 18.3 Å². The third-order valence-electron chi connectivity index (χ3n) is 2.72. The molecule has 1 aromatic heterocycles. The van der Waals surface area contributed by atoms with Gasteiger partial charge in [-0.1, -0.05) is 12.1 Å². The summed E-state index contributed by atoms with van der Waals surface area (Å²) in [6.07, 6.45) is 4.11. The van der Waals surface area contributed by atoms with Crippen LogP contribution in [0.1, 0.15) is 12.0 Å². The zero-order valence-electron chi connectivity index (χ0n) is 9.92. The number of nitrogens with zero attached hydrogens (tertiary/aromatic N) is 1. The molecule has 1 N–H and O–H groups in total. The van der Waals surface area contributed by atoms with E-state index >= 15 is 0 Å². The number of hydrogen-bond acceptors (Lipinski definition) is 3. The van der Waals surface area contributed by atoms with Gasteiger partial charge < -0.3 is 9.52 Å². The number of carbonyl (C=O) groups is 1. The van der Waals surface area contributed by atoms with Crippen molar-refractivity contribution in [1.29, 1.82) is 0 Å². The van der Waals surface area contributed by atoms with Crippen molar-refractivity contribution in [3.05, 3.63) is 46.5 Å². The summed E-state index contributed by atoms with van der Waals surface area (Å²) in [6, 6.07) is 5.52. The van der Waals surface area contributed by atoms with E-state index in [4.69, 9.17) is 9.52 Å². The highest BCUT2D eigenvalue weighted by atomic mass is 16.4. The van der Waals surface area contributed by atoms with Gasteiger partial charge >= 0.3 is 11.7 Å². The van der Waals surface area contributed by atoms with Crippen molar-refractivity contribution in [2.24, 2.45) is 7.05 Å². The van der Waals surface area contributed by atoms with E-state index in [1.807, 2.05) is 12.1 Å². The summed E-state index contributed by atoms with van der Waals surface area (Å²) in [6.45, 7) is 0. The Balaban J connectivity index is 2.17. The summed E-state index contributed by atoms with van der Waals surface area (Å²) in [7, 11) is 1.66. The summed E-state index contributed by atoms with van der Waals surface area (Å²) in [5, 5.41) is 8.45. The lowest BCUT2D eigenvalue weighted by atomic mass is 10.1. The Bertz CT molecular complexity index is 663. The molecule has 94 valence electrons. The normalized spacial score (nSPS) is 11.4. The molecule has 18 heavy (non-hydrogen) atoms. The number of allylic oxidation sites excluding steroid dienone is 1. The Morgan fingerprint density at radius 2 is 2.28 bits per heavy atom.